The number of aryl methyl sites for hydroxylation is 3. The van der Waals surface area contributed by atoms with E-state index in [-0.39, 0.29) is 18.0 Å². The van der Waals surface area contributed by atoms with Gasteiger partial charge in [0.15, 0.2) is 0 Å². The van der Waals surface area contributed by atoms with Crippen molar-refractivity contribution in [1.82, 2.24) is 14.5 Å². The van der Waals surface area contributed by atoms with E-state index in [4.69, 9.17) is 10.2 Å². The molecule has 0 saturated heterocycles. The van der Waals surface area contributed by atoms with Gasteiger partial charge in [-0.05, 0) is 13.8 Å². The maximum absolute atomic E-state index is 12.4. The second-order valence-corrected chi connectivity index (χ2v) is 6.28. The average Bonchev–Trinajstić information content (AvgIpc) is 2.90. The van der Waals surface area contributed by atoms with Gasteiger partial charge in [-0.3, -0.25) is 4.68 Å². The van der Waals surface area contributed by atoms with Crippen LogP contribution in [0.1, 0.15) is 22.6 Å². The summed E-state index contributed by atoms with van der Waals surface area (Å²) in [5.41, 5.74) is 6.90. The Morgan fingerprint density at radius 3 is 2.65 bits per heavy atom. The SMILES string of the molecule is Cc1oc(C)c(S(=O)(=O)NCc2cnn(C)c2)c1CN. The number of hydrogen-bond acceptors (Lipinski definition) is 5. The summed E-state index contributed by atoms with van der Waals surface area (Å²) >= 11 is 0. The first-order valence-electron chi connectivity index (χ1n) is 6.11. The van der Waals surface area contributed by atoms with Gasteiger partial charge in [0.1, 0.15) is 16.4 Å². The van der Waals surface area contributed by atoms with E-state index < -0.39 is 10.0 Å². The van der Waals surface area contributed by atoms with Crippen molar-refractivity contribution in [1.29, 1.82) is 0 Å². The second kappa shape index (κ2) is 5.39. The summed E-state index contributed by atoms with van der Waals surface area (Å²) in [6, 6.07) is 0. The normalized spacial score (nSPS) is 12.0. The monoisotopic (exact) mass is 298 g/mol. The van der Waals surface area contributed by atoms with Crippen LogP contribution >= 0.6 is 0 Å². The average molecular weight is 298 g/mol. The summed E-state index contributed by atoms with van der Waals surface area (Å²) in [6.07, 6.45) is 3.36. The molecule has 0 bridgehead atoms. The van der Waals surface area contributed by atoms with Crippen molar-refractivity contribution in [3.8, 4) is 0 Å². The highest BCUT2D eigenvalue weighted by atomic mass is 32.2. The van der Waals surface area contributed by atoms with E-state index in [1.54, 1.807) is 38.0 Å². The summed E-state index contributed by atoms with van der Waals surface area (Å²) < 4.78 is 34.3. The number of hydrogen-bond donors (Lipinski definition) is 2. The molecule has 0 atom stereocenters. The van der Waals surface area contributed by atoms with Crippen molar-refractivity contribution < 1.29 is 12.8 Å². The van der Waals surface area contributed by atoms with Crippen molar-refractivity contribution in [2.45, 2.75) is 31.8 Å². The van der Waals surface area contributed by atoms with Crippen molar-refractivity contribution in [3.05, 3.63) is 35.0 Å². The van der Waals surface area contributed by atoms with Crippen LogP contribution in [0.15, 0.2) is 21.7 Å². The molecule has 7 nitrogen and oxygen atoms in total. The van der Waals surface area contributed by atoms with Crippen LogP contribution in [0.2, 0.25) is 0 Å². The predicted molar refractivity (Wildman–Crippen MR) is 73.3 cm³/mol. The topological polar surface area (TPSA) is 103 Å². The summed E-state index contributed by atoms with van der Waals surface area (Å²) in [5.74, 6) is 0.883. The van der Waals surface area contributed by atoms with Gasteiger partial charge in [0.25, 0.3) is 0 Å². The minimum atomic E-state index is -3.66. The van der Waals surface area contributed by atoms with Gasteiger partial charge in [0.2, 0.25) is 10.0 Å². The lowest BCUT2D eigenvalue weighted by Gasteiger charge is -2.06. The maximum atomic E-state index is 12.4. The van der Waals surface area contributed by atoms with E-state index >= 15 is 0 Å². The zero-order chi connectivity index (χ0) is 14.9. The molecule has 0 fully saturated rings. The van der Waals surface area contributed by atoms with Crippen molar-refractivity contribution in [2.75, 3.05) is 0 Å². The molecule has 0 spiro atoms. The Bertz CT molecular complexity index is 715. The lowest BCUT2D eigenvalue weighted by Crippen LogP contribution is -2.24. The summed E-state index contributed by atoms with van der Waals surface area (Å²) in [7, 11) is -1.89. The first kappa shape index (κ1) is 14.8. The van der Waals surface area contributed by atoms with Gasteiger partial charge in [-0.2, -0.15) is 5.10 Å². The number of rotatable bonds is 5. The Labute approximate surface area is 117 Å². The molecule has 110 valence electrons. The third kappa shape index (κ3) is 2.77. The highest BCUT2D eigenvalue weighted by Gasteiger charge is 2.25. The molecule has 8 heteroatoms. The van der Waals surface area contributed by atoms with Crippen molar-refractivity contribution in [2.24, 2.45) is 12.8 Å². The van der Waals surface area contributed by atoms with Crippen LogP contribution in [-0.2, 0) is 30.2 Å². The third-order valence-corrected chi connectivity index (χ3v) is 4.62. The Balaban J connectivity index is 2.27. The highest BCUT2D eigenvalue weighted by molar-refractivity contribution is 7.89. The molecule has 3 N–H and O–H groups in total. The standard InChI is InChI=1S/C12H18N4O3S/c1-8-11(4-13)12(9(2)19-8)20(17,18)15-6-10-5-14-16(3)7-10/h5,7,15H,4,6,13H2,1-3H3. The Hall–Kier alpha value is -1.64. The van der Waals surface area contributed by atoms with Gasteiger partial charge in [0.05, 0.1) is 6.20 Å². The Kier molecular flexibility index (Phi) is 3.98. The van der Waals surface area contributed by atoms with Crippen molar-refractivity contribution >= 4 is 10.0 Å². The minimum absolute atomic E-state index is 0.117. The minimum Gasteiger partial charge on any atom is -0.465 e. The van der Waals surface area contributed by atoms with E-state index in [1.165, 1.54) is 0 Å². The number of nitrogens with one attached hydrogen (secondary N) is 1. The van der Waals surface area contributed by atoms with E-state index in [0.29, 0.717) is 17.1 Å². The Morgan fingerprint density at radius 1 is 1.40 bits per heavy atom. The molecular weight excluding hydrogens is 280 g/mol. The maximum Gasteiger partial charge on any atom is 0.244 e. The molecule has 0 amide bonds. The molecule has 0 aliphatic rings. The number of aromatic nitrogens is 2. The number of furan rings is 1. The molecule has 0 radical (unpaired) electrons. The van der Waals surface area contributed by atoms with Gasteiger partial charge < -0.3 is 10.2 Å². The molecule has 0 unspecified atom stereocenters. The summed E-state index contributed by atoms with van der Waals surface area (Å²) in [5, 5.41) is 3.99. The van der Waals surface area contributed by atoms with Crippen LogP contribution < -0.4 is 10.5 Å². The fourth-order valence-electron chi connectivity index (χ4n) is 2.11. The fraction of sp³-hybridized carbons (Fsp3) is 0.417. The van der Waals surface area contributed by atoms with Crippen LogP contribution in [0, 0.1) is 13.8 Å². The number of sulfonamides is 1. The third-order valence-electron chi connectivity index (χ3n) is 3.02. The lowest BCUT2D eigenvalue weighted by molar-refractivity contribution is 0.494. The molecule has 0 aromatic carbocycles. The molecule has 2 heterocycles. The molecule has 0 aliphatic heterocycles. The van der Waals surface area contributed by atoms with E-state index in [1.807, 2.05) is 0 Å². The van der Waals surface area contributed by atoms with E-state index in [2.05, 4.69) is 9.82 Å². The van der Waals surface area contributed by atoms with Crippen LogP contribution in [-0.4, -0.2) is 18.2 Å². The zero-order valence-electron chi connectivity index (χ0n) is 11.7. The van der Waals surface area contributed by atoms with Gasteiger partial charge in [-0.15, -0.1) is 0 Å². The van der Waals surface area contributed by atoms with Gasteiger partial charge in [-0.1, -0.05) is 0 Å². The smallest absolute Gasteiger partial charge is 0.244 e. The molecule has 0 saturated carbocycles. The number of nitrogens with two attached hydrogens (primary N) is 1. The molecule has 2 aromatic rings. The van der Waals surface area contributed by atoms with Crippen molar-refractivity contribution in [3.63, 3.8) is 0 Å². The molecule has 2 rings (SSSR count). The van der Waals surface area contributed by atoms with Crippen LogP contribution in [0.3, 0.4) is 0 Å². The molecular formula is C12H18N4O3S. The first-order chi connectivity index (χ1) is 9.35. The number of nitrogens with zero attached hydrogens (tertiary/aromatic N) is 2. The zero-order valence-corrected chi connectivity index (χ0v) is 12.5. The van der Waals surface area contributed by atoms with Crippen LogP contribution in [0.4, 0.5) is 0 Å². The molecule has 20 heavy (non-hydrogen) atoms. The second-order valence-electron chi connectivity index (χ2n) is 4.57. The van der Waals surface area contributed by atoms with E-state index in [9.17, 15) is 8.42 Å². The first-order valence-corrected chi connectivity index (χ1v) is 7.59. The highest BCUT2D eigenvalue weighted by Crippen LogP contribution is 2.26. The van der Waals surface area contributed by atoms with Crippen LogP contribution in [0.25, 0.3) is 0 Å². The molecule has 0 aliphatic carbocycles. The molecule has 2 aromatic heterocycles. The van der Waals surface area contributed by atoms with Gasteiger partial charge in [0, 0.05) is 37.5 Å². The fourth-order valence-corrected chi connectivity index (χ4v) is 3.58. The van der Waals surface area contributed by atoms with Gasteiger partial charge in [-0.25, -0.2) is 13.1 Å². The van der Waals surface area contributed by atoms with E-state index in [0.717, 1.165) is 5.56 Å². The summed E-state index contributed by atoms with van der Waals surface area (Å²) in [6.45, 7) is 3.61. The lowest BCUT2D eigenvalue weighted by atomic mass is 10.2. The largest absolute Gasteiger partial charge is 0.465 e. The Morgan fingerprint density at radius 2 is 2.10 bits per heavy atom. The summed E-state index contributed by atoms with van der Waals surface area (Å²) in [4.78, 5) is 0.140. The van der Waals surface area contributed by atoms with Crippen LogP contribution in [0.5, 0.6) is 0 Å². The predicted octanol–water partition coefficient (Wildman–Crippen LogP) is 0.567. The quantitative estimate of drug-likeness (QED) is 0.840. The van der Waals surface area contributed by atoms with Gasteiger partial charge >= 0.3 is 0 Å².